The number of aliphatic hydroxyl groups is 1. The predicted molar refractivity (Wildman–Crippen MR) is 56.2 cm³/mol. The number of hydrogen-bond donors (Lipinski definition) is 3. The highest BCUT2D eigenvalue weighted by Gasteiger charge is 2.12. The fourth-order valence-corrected chi connectivity index (χ4v) is 1.43. The van der Waals surface area contributed by atoms with E-state index in [0.29, 0.717) is 23.6 Å². The number of anilines is 1. The van der Waals surface area contributed by atoms with E-state index >= 15 is 0 Å². The Labute approximate surface area is 87.8 Å². The summed E-state index contributed by atoms with van der Waals surface area (Å²) >= 11 is 0. The maximum atomic E-state index is 10.9. The van der Waals surface area contributed by atoms with E-state index in [4.69, 9.17) is 10.2 Å². The molecule has 1 aromatic heterocycles. The average Bonchev–Trinajstić information content (AvgIpc) is 2.12. The third-order valence-corrected chi connectivity index (χ3v) is 2.03. The van der Waals surface area contributed by atoms with Gasteiger partial charge in [-0.2, -0.15) is 0 Å². The van der Waals surface area contributed by atoms with Gasteiger partial charge in [-0.25, -0.2) is 9.78 Å². The molecular formula is C10H14N2O3. The third-order valence-electron chi connectivity index (χ3n) is 2.03. The summed E-state index contributed by atoms with van der Waals surface area (Å²) in [5, 5.41) is 20.4. The second kappa shape index (κ2) is 4.75. The summed E-state index contributed by atoms with van der Waals surface area (Å²) in [6, 6.07) is 1.66. The Morgan fingerprint density at radius 2 is 2.20 bits per heavy atom. The maximum Gasteiger partial charge on any atom is 0.337 e. The van der Waals surface area contributed by atoms with Crippen LogP contribution in [0.4, 0.5) is 5.82 Å². The Morgan fingerprint density at radius 3 is 2.67 bits per heavy atom. The van der Waals surface area contributed by atoms with Gasteiger partial charge in [0.25, 0.3) is 0 Å². The van der Waals surface area contributed by atoms with Crippen LogP contribution >= 0.6 is 0 Å². The molecule has 5 heteroatoms. The molecule has 0 fully saturated rings. The Kier molecular flexibility index (Phi) is 3.62. The van der Waals surface area contributed by atoms with E-state index in [1.165, 1.54) is 0 Å². The lowest BCUT2D eigenvalue weighted by atomic mass is 10.1. The zero-order chi connectivity index (χ0) is 11.4. The molecule has 0 unspecified atom stereocenters. The summed E-state index contributed by atoms with van der Waals surface area (Å²) in [5.74, 6) is -0.379. The highest BCUT2D eigenvalue weighted by atomic mass is 16.4. The third kappa shape index (κ3) is 2.66. The van der Waals surface area contributed by atoms with Crippen molar-refractivity contribution in [1.82, 2.24) is 4.98 Å². The van der Waals surface area contributed by atoms with Gasteiger partial charge in [-0.3, -0.25) is 0 Å². The number of pyridine rings is 1. The van der Waals surface area contributed by atoms with Crippen molar-refractivity contribution >= 4 is 11.8 Å². The SMILES string of the molecule is Cc1cc(NCCO)nc(C)c1C(=O)O. The second-order valence-electron chi connectivity index (χ2n) is 3.24. The zero-order valence-electron chi connectivity index (χ0n) is 8.74. The van der Waals surface area contributed by atoms with Gasteiger partial charge >= 0.3 is 5.97 Å². The van der Waals surface area contributed by atoms with Gasteiger partial charge in [-0.1, -0.05) is 0 Å². The molecule has 1 heterocycles. The highest BCUT2D eigenvalue weighted by Crippen LogP contribution is 2.16. The molecule has 3 N–H and O–H groups in total. The lowest BCUT2D eigenvalue weighted by Gasteiger charge is -2.09. The first-order valence-corrected chi connectivity index (χ1v) is 4.62. The number of carboxylic acids is 1. The average molecular weight is 210 g/mol. The van der Waals surface area contributed by atoms with E-state index < -0.39 is 5.97 Å². The molecule has 0 aliphatic rings. The highest BCUT2D eigenvalue weighted by molar-refractivity contribution is 5.90. The summed E-state index contributed by atoms with van der Waals surface area (Å²) < 4.78 is 0. The van der Waals surface area contributed by atoms with Crippen LogP contribution in [0.3, 0.4) is 0 Å². The van der Waals surface area contributed by atoms with Gasteiger partial charge in [-0.15, -0.1) is 0 Å². The van der Waals surface area contributed by atoms with Gasteiger partial charge in [0.2, 0.25) is 0 Å². The molecule has 0 saturated heterocycles. The van der Waals surface area contributed by atoms with Gasteiger partial charge in [-0.05, 0) is 25.5 Å². The number of rotatable bonds is 4. The molecule has 0 amide bonds. The van der Waals surface area contributed by atoms with Crippen LogP contribution in [0.15, 0.2) is 6.07 Å². The van der Waals surface area contributed by atoms with Gasteiger partial charge in [0.15, 0.2) is 0 Å². The van der Waals surface area contributed by atoms with Crippen molar-refractivity contribution in [1.29, 1.82) is 0 Å². The molecule has 0 aliphatic heterocycles. The summed E-state index contributed by atoms with van der Waals surface area (Å²) in [7, 11) is 0. The molecular weight excluding hydrogens is 196 g/mol. The molecule has 0 saturated carbocycles. The topological polar surface area (TPSA) is 82.5 Å². The predicted octanol–water partition coefficient (Wildman–Crippen LogP) is 0.801. The van der Waals surface area contributed by atoms with Gasteiger partial charge in [0.1, 0.15) is 5.82 Å². The van der Waals surface area contributed by atoms with Crippen LogP contribution in [-0.4, -0.2) is 34.3 Å². The van der Waals surface area contributed by atoms with Crippen molar-refractivity contribution in [2.24, 2.45) is 0 Å². The van der Waals surface area contributed by atoms with Gasteiger partial charge in [0.05, 0.1) is 17.9 Å². The first-order chi connectivity index (χ1) is 7.06. The molecule has 0 spiro atoms. The summed E-state index contributed by atoms with van der Waals surface area (Å²) in [6.45, 7) is 3.79. The normalized spacial score (nSPS) is 10.1. The van der Waals surface area contributed by atoms with Gasteiger partial charge < -0.3 is 15.5 Å². The van der Waals surface area contributed by atoms with E-state index in [1.54, 1.807) is 19.9 Å². The minimum absolute atomic E-state index is 0.0143. The van der Waals surface area contributed by atoms with E-state index in [9.17, 15) is 4.79 Å². The number of carbonyl (C=O) groups is 1. The molecule has 0 atom stereocenters. The van der Waals surface area contributed by atoms with E-state index in [1.807, 2.05) is 0 Å². The minimum atomic E-state index is -0.966. The van der Waals surface area contributed by atoms with E-state index in [2.05, 4.69) is 10.3 Å². The van der Waals surface area contributed by atoms with Crippen LogP contribution in [0.5, 0.6) is 0 Å². The van der Waals surface area contributed by atoms with Crippen LogP contribution in [0.1, 0.15) is 21.6 Å². The van der Waals surface area contributed by atoms with Crippen molar-refractivity contribution in [3.63, 3.8) is 0 Å². The quantitative estimate of drug-likeness (QED) is 0.684. The summed E-state index contributed by atoms with van der Waals surface area (Å²) in [6.07, 6.45) is 0. The number of aliphatic hydroxyl groups excluding tert-OH is 1. The van der Waals surface area contributed by atoms with E-state index in [-0.39, 0.29) is 12.2 Å². The first kappa shape index (κ1) is 11.5. The zero-order valence-corrected chi connectivity index (χ0v) is 8.74. The molecule has 0 radical (unpaired) electrons. The smallest absolute Gasteiger partial charge is 0.337 e. The number of hydrogen-bond acceptors (Lipinski definition) is 4. The lowest BCUT2D eigenvalue weighted by molar-refractivity contribution is 0.0695. The maximum absolute atomic E-state index is 10.9. The monoisotopic (exact) mass is 210 g/mol. The van der Waals surface area contributed by atoms with Crippen LogP contribution in [0.25, 0.3) is 0 Å². The fourth-order valence-electron chi connectivity index (χ4n) is 1.43. The van der Waals surface area contributed by atoms with Crippen molar-refractivity contribution in [3.05, 3.63) is 22.9 Å². The molecule has 0 aliphatic carbocycles. The van der Waals surface area contributed by atoms with Gasteiger partial charge in [0, 0.05) is 6.54 Å². The van der Waals surface area contributed by atoms with Crippen LogP contribution in [0.2, 0.25) is 0 Å². The largest absolute Gasteiger partial charge is 0.478 e. The molecule has 15 heavy (non-hydrogen) atoms. The fraction of sp³-hybridized carbons (Fsp3) is 0.400. The molecule has 0 aromatic carbocycles. The first-order valence-electron chi connectivity index (χ1n) is 4.62. The molecule has 1 rings (SSSR count). The molecule has 0 bridgehead atoms. The number of carboxylic acid groups (broad SMARTS) is 1. The van der Waals surface area contributed by atoms with Crippen LogP contribution < -0.4 is 5.32 Å². The van der Waals surface area contributed by atoms with Crippen molar-refractivity contribution in [2.45, 2.75) is 13.8 Å². The molecule has 1 aromatic rings. The Hall–Kier alpha value is -1.62. The summed E-state index contributed by atoms with van der Waals surface area (Å²) in [4.78, 5) is 15.0. The second-order valence-corrected chi connectivity index (χ2v) is 3.24. The standard InChI is InChI=1S/C10H14N2O3/c1-6-5-8(11-3-4-13)12-7(2)9(6)10(14)15/h5,13H,3-4H2,1-2H3,(H,11,12)(H,14,15). The number of nitrogens with zero attached hydrogens (tertiary/aromatic N) is 1. The van der Waals surface area contributed by atoms with Crippen molar-refractivity contribution < 1.29 is 15.0 Å². The van der Waals surface area contributed by atoms with Crippen molar-refractivity contribution in [3.8, 4) is 0 Å². The van der Waals surface area contributed by atoms with Crippen molar-refractivity contribution in [2.75, 3.05) is 18.5 Å². The Morgan fingerprint density at radius 1 is 1.53 bits per heavy atom. The number of aryl methyl sites for hydroxylation is 2. The number of aromatic nitrogens is 1. The Balaban J connectivity index is 3.03. The van der Waals surface area contributed by atoms with E-state index in [0.717, 1.165) is 0 Å². The summed E-state index contributed by atoms with van der Waals surface area (Å²) in [5.41, 5.74) is 1.38. The lowest BCUT2D eigenvalue weighted by Crippen LogP contribution is -2.11. The Bertz CT molecular complexity index is 354. The molecule has 5 nitrogen and oxygen atoms in total. The van der Waals surface area contributed by atoms with Crippen LogP contribution in [0, 0.1) is 13.8 Å². The number of nitrogens with one attached hydrogen (secondary N) is 1. The number of aromatic carboxylic acids is 1. The molecule has 82 valence electrons. The minimum Gasteiger partial charge on any atom is -0.478 e. The van der Waals surface area contributed by atoms with Crippen LogP contribution in [-0.2, 0) is 0 Å².